The normalized spacial score (nSPS) is 13.2. The Kier molecular flexibility index (Phi) is 3.37. The molecule has 1 aromatic rings. The first-order valence-electron chi connectivity index (χ1n) is 5.53. The Morgan fingerprint density at radius 1 is 1.41 bits per heavy atom. The highest BCUT2D eigenvalue weighted by Crippen LogP contribution is 2.35. The molecule has 5 nitrogen and oxygen atoms in total. The quantitative estimate of drug-likeness (QED) is 0.837. The molecule has 0 aliphatic carbocycles. The standard InChI is InChI=1S/C12H15NO4/c1-8-9(4-5-13-12(14)15)2-3-10-11(8)17-7-6-16-10/h2-3,13H,4-7H2,1H3,(H,14,15). The van der Waals surface area contributed by atoms with Crippen LogP contribution in [0.4, 0.5) is 4.79 Å². The summed E-state index contributed by atoms with van der Waals surface area (Å²) in [6.45, 7) is 3.50. The lowest BCUT2D eigenvalue weighted by atomic mass is 10.0. The molecule has 5 heteroatoms. The molecule has 0 atom stereocenters. The third kappa shape index (κ3) is 2.61. The lowest BCUT2D eigenvalue weighted by molar-refractivity contribution is 0.170. The molecule has 0 spiro atoms. The molecule has 2 N–H and O–H groups in total. The van der Waals surface area contributed by atoms with Crippen LogP contribution in [-0.4, -0.2) is 31.0 Å². The van der Waals surface area contributed by atoms with Crippen LogP contribution in [0.2, 0.25) is 0 Å². The van der Waals surface area contributed by atoms with Gasteiger partial charge in [0.25, 0.3) is 0 Å². The van der Waals surface area contributed by atoms with E-state index < -0.39 is 6.09 Å². The highest BCUT2D eigenvalue weighted by Gasteiger charge is 2.16. The van der Waals surface area contributed by atoms with Gasteiger partial charge in [0.2, 0.25) is 0 Å². The minimum absolute atomic E-state index is 0.399. The number of hydrogen-bond donors (Lipinski definition) is 2. The number of carboxylic acid groups (broad SMARTS) is 1. The van der Waals surface area contributed by atoms with Crippen molar-refractivity contribution in [3.05, 3.63) is 23.3 Å². The third-order valence-electron chi connectivity index (χ3n) is 2.74. The lowest BCUT2D eigenvalue weighted by Crippen LogP contribution is -2.23. The van der Waals surface area contributed by atoms with E-state index in [0.717, 1.165) is 22.6 Å². The Balaban J connectivity index is 2.10. The molecule has 0 bridgehead atoms. The van der Waals surface area contributed by atoms with Crippen molar-refractivity contribution >= 4 is 6.09 Å². The molecule has 1 amide bonds. The van der Waals surface area contributed by atoms with Crippen LogP contribution in [0.1, 0.15) is 11.1 Å². The number of nitrogens with one attached hydrogen (secondary N) is 1. The predicted molar refractivity (Wildman–Crippen MR) is 61.9 cm³/mol. The molecule has 1 heterocycles. The minimum Gasteiger partial charge on any atom is -0.486 e. The maximum absolute atomic E-state index is 10.4. The van der Waals surface area contributed by atoms with Crippen LogP contribution in [0.5, 0.6) is 11.5 Å². The van der Waals surface area contributed by atoms with Crippen molar-refractivity contribution < 1.29 is 19.4 Å². The summed E-state index contributed by atoms with van der Waals surface area (Å²) in [5, 5.41) is 10.8. The maximum atomic E-state index is 10.4. The van der Waals surface area contributed by atoms with Crippen LogP contribution in [0.3, 0.4) is 0 Å². The molecule has 0 aromatic heterocycles. The van der Waals surface area contributed by atoms with Crippen LogP contribution in [0.25, 0.3) is 0 Å². The lowest BCUT2D eigenvalue weighted by Gasteiger charge is -2.21. The Morgan fingerprint density at radius 3 is 2.94 bits per heavy atom. The van der Waals surface area contributed by atoms with Gasteiger partial charge in [-0.25, -0.2) is 4.79 Å². The zero-order valence-electron chi connectivity index (χ0n) is 9.66. The first-order chi connectivity index (χ1) is 8.18. The molecule has 1 aliphatic rings. The van der Waals surface area contributed by atoms with Crippen molar-refractivity contribution in [2.24, 2.45) is 0 Å². The van der Waals surface area contributed by atoms with E-state index in [2.05, 4.69) is 5.32 Å². The second-order valence-electron chi connectivity index (χ2n) is 3.86. The minimum atomic E-state index is -1.000. The number of hydrogen-bond acceptors (Lipinski definition) is 3. The van der Waals surface area contributed by atoms with Crippen molar-refractivity contribution in [2.75, 3.05) is 19.8 Å². The zero-order chi connectivity index (χ0) is 12.3. The Bertz CT molecular complexity index is 431. The summed E-state index contributed by atoms with van der Waals surface area (Å²) in [4.78, 5) is 10.4. The van der Waals surface area contributed by atoms with Gasteiger partial charge >= 0.3 is 6.09 Å². The van der Waals surface area contributed by atoms with Gasteiger partial charge in [0, 0.05) is 6.54 Å². The smallest absolute Gasteiger partial charge is 0.404 e. The molecule has 0 saturated carbocycles. The molecule has 1 aliphatic heterocycles. The number of benzene rings is 1. The average Bonchev–Trinajstić information content (AvgIpc) is 2.32. The van der Waals surface area contributed by atoms with Gasteiger partial charge in [-0.2, -0.15) is 0 Å². The molecule has 0 unspecified atom stereocenters. The fraction of sp³-hybridized carbons (Fsp3) is 0.417. The van der Waals surface area contributed by atoms with Gasteiger partial charge in [-0.3, -0.25) is 0 Å². The summed E-state index contributed by atoms with van der Waals surface area (Å²) in [7, 11) is 0. The summed E-state index contributed by atoms with van der Waals surface area (Å²) in [5.74, 6) is 1.55. The van der Waals surface area contributed by atoms with Crippen molar-refractivity contribution in [2.45, 2.75) is 13.3 Å². The number of ether oxygens (including phenoxy) is 2. The number of rotatable bonds is 3. The summed E-state index contributed by atoms with van der Waals surface area (Å²) in [6.07, 6.45) is -0.352. The molecule has 0 saturated heterocycles. The van der Waals surface area contributed by atoms with E-state index in [1.807, 2.05) is 19.1 Å². The molecule has 92 valence electrons. The molecule has 17 heavy (non-hydrogen) atoms. The Morgan fingerprint density at radius 2 is 2.18 bits per heavy atom. The van der Waals surface area contributed by atoms with E-state index in [1.54, 1.807) is 0 Å². The van der Waals surface area contributed by atoms with Gasteiger partial charge in [-0.1, -0.05) is 6.07 Å². The first kappa shape index (κ1) is 11.6. The largest absolute Gasteiger partial charge is 0.486 e. The second-order valence-corrected chi connectivity index (χ2v) is 3.86. The van der Waals surface area contributed by atoms with Crippen LogP contribution in [0, 0.1) is 6.92 Å². The van der Waals surface area contributed by atoms with Gasteiger partial charge in [0.1, 0.15) is 13.2 Å². The van der Waals surface area contributed by atoms with E-state index in [-0.39, 0.29) is 0 Å². The van der Waals surface area contributed by atoms with Gasteiger partial charge < -0.3 is 19.9 Å². The summed E-state index contributed by atoms with van der Waals surface area (Å²) in [6, 6.07) is 3.82. The zero-order valence-corrected chi connectivity index (χ0v) is 9.66. The molecule has 0 fully saturated rings. The van der Waals surface area contributed by atoms with Crippen molar-refractivity contribution in [1.82, 2.24) is 5.32 Å². The SMILES string of the molecule is Cc1c(CCNC(=O)O)ccc2c1OCCO2. The topological polar surface area (TPSA) is 67.8 Å². The predicted octanol–water partition coefficient (Wildman–Crippen LogP) is 1.58. The average molecular weight is 237 g/mol. The molecule has 0 radical (unpaired) electrons. The fourth-order valence-electron chi connectivity index (χ4n) is 1.87. The van der Waals surface area contributed by atoms with E-state index in [9.17, 15) is 4.79 Å². The summed E-state index contributed by atoms with van der Waals surface area (Å²) < 4.78 is 11.0. The summed E-state index contributed by atoms with van der Waals surface area (Å²) in [5.41, 5.74) is 2.09. The highest BCUT2D eigenvalue weighted by molar-refractivity contribution is 5.64. The van der Waals surface area contributed by atoms with Gasteiger partial charge in [0.15, 0.2) is 11.5 Å². The van der Waals surface area contributed by atoms with Crippen molar-refractivity contribution in [3.8, 4) is 11.5 Å². The fourth-order valence-corrected chi connectivity index (χ4v) is 1.87. The van der Waals surface area contributed by atoms with Crippen LogP contribution in [-0.2, 0) is 6.42 Å². The molecule has 2 rings (SSSR count). The number of fused-ring (bicyclic) bond motifs is 1. The van der Waals surface area contributed by atoms with E-state index in [4.69, 9.17) is 14.6 Å². The Labute approximate surface area is 99.3 Å². The van der Waals surface area contributed by atoms with Gasteiger partial charge in [0.05, 0.1) is 0 Å². The Hall–Kier alpha value is -1.91. The number of carbonyl (C=O) groups is 1. The second kappa shape index (κ2) is 4.95. The number of amides is 1. The van der Waals surface area contributed by atoms with Crippen LogP contribution in [0.15, 0.2) is 12.1 Å². The maximum Gasteiger partial charge on any atom is 0.404 e. The van der Waals surface area contributed by atoms with Gasteiger partial charge in [-0.05, 0) is 30.5 Å². The monoisotopic (exact) mass is 237 g/mol. The first-order valence-corrected chi connectivity index (χ1v) is 5.53. The van der Waals surface area contributed by atoms with E-state index in [1.165, 1.54) is 0 Å². The van der Waals surface area contributed by atoms with Gasteiger partial charge in [-0.15, -0.1) is 0 Å². The third-order valence-corrected chi connectivity index (χ3v) is 2.74. The highest BCUT2D eigenvalue weighted by atomic mass is 16.6. The van der Waals surface area contributed by atoms with Crippen molar-refractivity contribution in [1.29, 1.82) is 0 Å². The van der Waals surface area contributed by atoms with E-state index in [0.29, 0.717) is 26.2 Å². The van der Waals surface area contributed by atoms with Crippen LogP contribution >= 0.6 is 0 Å². The molecular weight excluding hydrogens is 222 g/mol. The summed E-state index contributed by atoms with van der Waals surface area (Å²) >= 11 is 0. The molecule has 1 aromatic carbocycles. The molecular formula is C12H15NO4. The van der Waals surface area contributed by atoms with E-state index >= 15 is 0 Å². The van der Waals surface area contributed by atoms with Crippen LogP contribution < -0.4 is 14.8 Å². The van der Waals surface area contributed by atoms with Crippen molar-refractivity contribution in [3.63, 3.8) is 0 Å².